The number of carbonyl (C=O) groups is 1. The number of amides is 1. The number of nitrogens with zero attached hydrogens (tertiary/aromatic N) is 1. The molecular formula is C4H3Cl2N3O3. The number of nitro groups is 1. The molecular weight excluding hydrogens is 209 g/mol. The molecule has 2 N–H and O–H groups in total. The molecule has 0 bridgehead atoms. The van der Waals surface area contributed by atoms with Crippen molar-refractivity contribution in [3.05, 3.63) is 20.2 Å². The molecule has 0 fully saturated rings. The molecule has 0 rings (SSSR count). The van der Waals surface area contributed by atoms with Gasteiger partial charge in [0.15, 0.2) is 5.03 Å². The van der Waals surface area contributed by atoms with Gasteiger partial charge in [0.05, 0.1) is 5.03 Å². The summed E-state index contributed by atoms with van der Waals surface area (Å²) < 4.78 is 0. The zero-order valence-corrected chi connectivity index (χ0v) is 7.02. The van der Waals surface area contributed by atoms with Crippen molar-refractivity contribution in [3.8, 4) is 0 Å². The SMILES string of the molecule is N=C/C(Cl)=C(\Cl)C(=O)N[N+](=O)[O-]. The Morgan fingerprint density at radius 2 is 2.08 bits per heavy atom. The van der Waals surface area contributed by atoms with E-state index < -0.39 is 16.0 Å². The molecule has 0 aromatic rings. The van der Waals surface area contributed by atoms with Crippen LogP contribution in [-0.2, 0) is 4.79 Å². The molecule has 0 aromatic heterocycles. The van der Waals surface area contributed by atoms with E-state index in [1.807, 2.05) is 0 Å². The second-order valence-corrected chi connectivity index (χ2v) is 2.29. The normalized spacial score (nSPS) is 11.5. The molecule has 0 heterocycles. The van der Waals surface area contributed by atoms with Crippen molar-refractivity contribution in [1.29, 1.82) is 5.41 Å². The van der Waals surface area contributed by atoms with Gasteiger partial charge in [-0.3, -0.25) is 4.79 Å². The summed E-state index contributed by atoms with van der Waals surface area (Å²) in [4.78, 5) is 20.3. The Balaban J connectivity index is 4.49. The van der Waals surface area contributed by atoms with E-state index in [1.165, 1.54) is 5.43 Å². The van der Waals surface area contributed by atoms with E-state index in [0.717, 1.165) is 0 Å². The highest BCUT2D eigenvalue weighted by atomic mass is 35.5. The van der Waals surface area contributed by atoms with Gasteiger partial charge in [-0.15, -0.1) is 0 Å². The van der Waals surface area contributed by atoms with Gasteiger partial charge in [0.2, 0.25) is 0 Å². The number of hydrogen-bond acceptors (Lipinski definition) is 4. The summed E-state index contributed by atoms with van der Waals surface area (Å²) in [5.41, 5.74) is 1.26. The van der Waals surface area contributed by atoms with Crippen LogP contribution in [0.1, 0.15) is 0 Å². The molecule has 0 aromatic carbocycles. The first kappa shape index (κ1) is 10.9. The third kappa shape index (κ3) is 3.31. The van der Waals surface area contributed by atoms with Gasteiger partial charge in [-0.25, -0.2) is 10.1 Å². The van der Waals surface area contributed by atoms with Crippen LogP contribution in [0.3, 0.4) is 0 Å². The minimum atomic E-state index is -1.16. The summed E-state index contributed by atoms with van der Waals surface area (Å²) in [5, 5.41) is 14.3. The quantitative estimate of drug-likeness (QED) is 0.310. The third-order valence-electron chi connectivity index (χ3n) is 0.729. The second kappa shape index (κ2) is 4.68. The average Bonchev–Trinajstić information content (AvgIpc) is 2.00. The maximum Gasteiger partial charge on any atom is 0.323 e. The molecule has 66 valence electrons. The van der Waals surface area contributed by atoms with Gasteiger partial charge in [-0.05, 0) is 0 Å². The summed E-state index contributed by atoms with van der Waals surface area (Å²) in [6.07, 6.45) is 0.601. The smallest absolute Gasteiger partial charge is 0.307 e. The summed E-state index contributed by atoms with van der Waals surface area (Å²) in [6, 6.07) is 0. The molecule has 0 saturated heterocycles. The van der Waals surface area contributed by atoms with Crippen molar-refractivity contribution in [2.24, 2.45) is 0 Å². The van der Waals surface area contributed by atoms with E-state index in [1.54, 1.807) is 0 Å². The largest absolute Gasteiger partial charge is 0.323 e. The standard InChI is InChI=1S/C4H3Cl2N3O3/c5-2(1-7)3(6)4(10)8-9(11)12/h1,7H,(H,8,10)/b3-2+,7-1?. The summed E-state index contributed by atoms with van der Waals surface area (Å²) in [5.74, 6) is -1.16. The number of hydrazine groups is 1. The molecule has 0 saturated carbocycles. The number of nitrogens with one attached hydrogen (secondary N) is 2. The maximum absolute atomic E-state index is 10.6. The van der Waals surface area contributed by atoms with Crippen molar-refractivity contribution in [2.45, 2.75) is 0 Å². The lowest BCUT2D eigenvalue weighted by molar-refractivity contribution is -0.529. The Labute approximate surface area is 76.8 Å². The van der Waals surface area contributed by atoms with Crippen molar-refractivity contribution in [3.63, 3.8) is 0 Å². The monoisotopic (exact) mass is 211 g/mol. The first-order valence-corrected chi connectivity index (χ1v) is 3.25. The molecule has 0 aliphatic rings. The number of halogens is 2. The molecule has 8 heteroatoms. The molecule has 0 unspecified atom stereocenters. The second-order valence-electron chi connectivity index (χ2n) is 1.50. The van der Waals surface area contributed by atoms with E-state index in [4.69, 9.17) is 28.6 Å². The number of allylic oxidation sites excluding steroid dienone is 1. The van der Waals surface area contributed by atoms with Crippen molar-refractivity contribution in [1.82, 2.24) is 5.43 Å². The van der Waals surface area contributed by atoms with Crippen LogP contribution in [-0.4, -0.2) is 17.2 Å². The minimum absolute atomic E-state index is 0.365. The van der Waals surface area contributed by atoms with Crippen molar-refractivity contribution >= 4 is 35.3 Å². The van der Waals surface area contributed by atoms with Crippen molar-refractivity contribution < 1.29 is 9.83 Å². The summed E-state index contributed by atoms with van der Waals surface area (Å²) in [7, 11) is 0. The van der Waals surface area contributed by atoms with E-state index in [2.05, 4.69) is 0 Å². The first-order valence-electron chi connectivity index (χ1n) is 2.50. The van der Waals surface area contributed by atoms with E-state index in [0.29, 0.717) is 6.21 Å². The Morgan fingerprint density at radius 3 is 2.42 bits per heavy atom. The molecule has 0 spiro atoms. The third-order valence-corrected chi connectivity index (χ3v) is 1.50. The van der Waals surface area contributed by atoms with Gasteiger partial charge in [0.1, 0.15) is 5.03 Å². The molecule has 12 heavy (non-hydrogen) atoms. The van der Waals surface area contributed by atoms with Crippen LogP contribution in [0.15, 0.2) is 10.1 Å². The number of carbonyl (C=O) groups excluding carboxylic acids is 1. The van der Waals surface area contributed by atoms with E-state index >= 15 is 0 Å². The highest BCUT2D eigenvalue weighted by Gasteiger charge is 2.14. The predicted octanol–water partition coefficient (Wildman–Crippen LogP) is 0.633. The topological polar surface area (TPSA) is 96.1 Å². The average molecular weight is 212 g/mol. The Morgan fingerprint density at radius 1 is 1.58 bits per heavy atom. The van der Waals surface area contributed by atoms with E-state index in [9.17, 15) is 14.9 Å². The molecule has 6 nitrogen and oxygen atoms in total. The van der Waals surface area contributed by atoms with Gasteiger partial charge in [-0.1, -0.05) is 28.6 Å². The number of rotatable bonds is 3. The zero-order valence-electron chi connectivity index (χ0n) is 5.51. The minimum Gasteiger partial charge on any atom is -0.307 e. The lowest BCUT2D eigenvalue weighted by Crippen LogP contribution is -2.29. The van der Waals surface area contributed by atoms with Crippen LogP contribution in [0, 0.1) is 15.5 Å². The summed E-state index contributed by atoms with van der Waals surface area (Å²) >= 11 is 10.4. The van der Waals surface area contributed by atoms with Crippen LogP contribution in [0.5, 0.6) is 0 Å². The van der Waals surface area contributed by atoms with E-state index in [-0.39, 0.29) is 5.03 Å². The molecule has 0 atom stereocenters. The lowest BCUT2D eigenvalue weighted by atomic mass is 10.5. The Hall–Kier alpha value is -1.14. The fraction of sp³-hybridized carbons (Fsp3) is 0. The lowest BCUT2D eigenvalue weighted by Gasteiger charge is -1.94. The predicted molar refractivity (Wildman–Crippen MR) is 42.7 cm³/mol. The van der Waals surface area contributed by atoms with Gasteiger partial charge in [-0.2, -0.15) is 0 Å². The van der Waals surface area contributed by atoms with Gasteiger partial charge < -0.3 is 5.41 Å². The first-order chi connectivity index (χ1) is 5.49. The Bertz CT molecular complexity index is 262. The molecule has 0 aliphatic heterocycles. The molecule has 0 aliphatic carbocycles. The molecule has 1 amide bonds. The highest BCUT2D eigenvalue weighted by molar-refractivity contribution is 6.52. The zero-order chi connectivity index (χ0) is 9.72. The van der Waals surface area contributed by atoms with Crippen LogP contribution in [0.4, 0.5) is 0 Å². The van der Waals surface area contributed by atoms with Crippen LogP contribution in [0.2, 0.25) is 0 Å². The Kier molecular flexibility index (Phi) is 4.24. The summed E-state index contributed by atoms with van der Waals surface area (Å²) in [6.45, 7) is 0. The fourth-order valence-corrected chi connectivity index (χ4v) is 0.486. The van der Waals surface area contributed by atoms with Gasteiger partial charge >= 0.3 is 5.91 Å². The molecule has 0 radical (unpaired) electrons. The highest BCUT2D eigenvalue weighted by Crippen LogP contribution is 2.11. The van der Waals surface area contributed by atoms with Crippen LogP contribution in [0.25, 0.3) is 0 Å². The van der Waals surface area contributed by atoms with Gasteiger partial charge in [0.25, 0.3) is 0 Å². The maximum atomic E-state index is 10.6. The van der Waals surface area contributed by atoms with Crippen molar-refractivity contribution in [2.75, 3.05) is 0 Å². The number of hydrogen-bond donors (Lipinski definition) is 2. The van der Waals surface area contributed by atoms with Crippen LogP contribution >= 0.6 is 23.2 Å². The van der Waals surface area contributed by atoms with Gasteiger partial charge in [0, 0.05) is 6.21 Å². The fourth-order valence-electron chi connectivity index (χ4n) is 0.304. The van der Waals surface area contributed by atoms with Crippen LogP contribution < -0.4 is 5.43 Å².